The molecule has 2 aromatic carbocycles. The summed E-state index contributed by atoms with van der Waals surface area (Å²) in [6.45, 7) is 1.32. The van der Waals surface area contributed by atoms with E-state index in [1.807, 2.05) is 0 Å². The number of carbonyl (C=O) groups excluding carboxylic acids is 3. The van der Waals surface area contributed by atoms with Gasteiger partial charge in [-0.1, -0.05) is 0 Å². The summed E-state index contributed by atoms with van der Waals surface area (Å²) in [5.41, 5.74) is 1.57. The van der Waals surface area contributed by atoms with Crippen LogP contribution in [-0.2, 0) is 8.61 Å². The zero-order valence-electron chi connectivity index (χ0n) is 11.1. The standard InChI is InChI=1S/C16H10O4Se/c1-9(17)20-21-13-8-4-7-12-14(13)16(19)11-6-3-2-5-10(11)15(12)18/h2-8H,1H3. The molecule has 0 atom stereocenters. The molecule has 0 saturated heterocycles. The third-order valence-electron chi connectivity index (χ3n) is 3.16. The maximum absolute atomic E-state index is 12.6. The molecule has 0 heterocycles. The van der Waals surface area contributed by atoms with E-state index < -0.39 is 21.3 Å². The van der Waals surface area contributed by atoms with Gasteiger partial charge in [-0.2, -0.15) is 0 Å². The van der Waals surface area contributed by atoms with Gasteiger partial charge in [0.1, 0.15) is 0 Å². The molecule has 0 saturated carbocycles. The molecule has 3 rings (SSSR count). The predicted molar refractivity (Wildman–Crippen MR) is 76.9 cm³/mol. The van der Waals surface area contributed by atoms with E-state index in [9.17, 15) is 14.4 Å². The van der Waals surface area contributed by atoms with Gasteiger partial charge < -0.3 is 0 Å². The Hall–Kier alpha value is -2.23. The Morgan fingerprint density at radius 3 is 2.19 bits per heavy atom. The molecule has 0 aliphatic heterocycles. The van der Waals surface area contributed by atoms with E-state index in [0.29, 0.717) is 26.7 Å². The molecule has 1 aliphatic rings. The number of benzene rings is 2. The summed E-state index contributed by atoms with van der Waals surface area (Å²) >= 11 is -0.626. The Balaban J connectivity index is 2.14. The van der Waals surface area contributed by atoms with Crippen molar-refractivity contribution in [3.05, 3.63) is 64.7 Å². The van der Waals surface area contributed by atoms with Gasteiger partial charge in [0.2, 0.25) is 0 Å². The molecule has 0 N–H and O–H groups in total. The molecule has 0 amide bonds. The average Bonchev–Trinajstić information content (AvgIpc) is 2.50. The number of ketones is 2. The summed E-state index contributed by atoms with van der Waals surface area (Å²) in [6, 6.07) is 11.8. The predicted octanol–water partition coefficient (Wildman–Crippen LogP) is 1.27. The molecular formula is C16H10O4Se. The topological polar surface area (TPSA) is 60.4 Å². The Labute approximate surface area is 127 Å². The maximum atomic E-state index is 12.6. The second-order valence-electron chi connectivity index (χ2n) is 4.54. The van der Waals surface area contributed by atoms with E-state index in [2.05, 4.69) is 0 Å². The second kappa shape index (κ2) is 5.28. The van der Waals surface area contributed by atoms with E-state index in [1.54, 1.807) is 42.5 Å². The quantitative estimate of drug-likeness (QED) is 0.657. The van der Waals surface area contributed by atoms with Gasteiger partial charge in [-0.25, -0.2) is 0 Å². The zero-order valence-corrected chi connectivity index (χ0v) is 12.8. The van der Waals surface area contributed by atoms with E-state index in [1.165, 1.54) is 6.92 Å². The van der Waals surface area contributed by atoms with Crippen LogP contribution in [0.3, 0.4) is 0 Å². The van der Waals surface area contributed by atoms with Crippen LogP contribution < -0.4 is 4.46 Å². The van der Waals surface area contributed by atoms with Crippen LogP contribution in [0.4, 0.5) is 0 Å². The molecule has 1 aliphatic carbocycles. The van der Waals surface area contributed by atoms with E-state index >= 15 is 0 Å². The van der Waals surface area contributed by atoms with Crippen LogP contribution >= 0.6 is 0 Å². The van der Waals surface area contributed by atoms with Gasteiger partial charge >= 0.3 is 127 Å². The second-order valence-corrected chi connectivity index (χ2v) is 6.16. The minimum absolute atomic E-state index is 0.166. The van der Waals surface area contributed by atoms with Crippen LogP contribution in [0.25, 0.3) is 0 Å². The van der Waals surface area contributed by atoms with Crippen molar-refractivity contribution in [3.8, 4) is 0 Å². The summed E-state index contributed by atoms with van der Waals surface area (Å²) in [6.07, 6.45) is 0. The summed E-state index contributed by atoms with van der Waals surface area (Å²) in [7, 11) is 0. The normalized spacial score (nSPS) is 12.6. The van der Waals surface area contributed by atoms with Crippen LogP contribution in [-0.4, -0.2) is 32.8 Å². The molecule has 0 unspecified atom stereocenters. The number of hydrogen-bond acceptors (Lipinski definition) is 4. The van der Waals surface area contributed by atoms with Crippen LogP contribution in [0, 0.1) is 0 Å². The third-order valence-corrected chi connectivity index (χ3v) is 4.92. The third kappa shape index (κ3) is 2.31. The van der Waals surface area contributed by atoms with Crippen molar-refractivity contribution in [2.24, 2.45) is 0 Å². The fraction of sp³-hybridized carbons (Fsp3) is 0.0625. The molecular weight excluding hydrogens is 335 g/mol. The van der Waals surface area contributed by atoms with E-state index in [-0.39, 0.29) is 11.6 Å². The van der Waals surface area contributed by atoms with Crippen molar-refractivity contribution in [2.45, 2.75) is 6.92 Å². The van der Waals surface area contributed by atoms with Crippen molar-refractivity contribution in [1.82, 2.24) is 0 Å². The first-order chi connectivity index (χ1) is 10.1. The number of fused-ring (bicyclic) bond motifs is 2. The average molecular weight is 345 g/mol. The summed E-state index contributed by atoms with van der Waals surface area (Å²) < 4.78 is 5.64. The molecule has 21 heavy (non-hydrogen) atoms. The van der Waals surface area contributed by atoms with Crippen molar-refractivity contribution in [1.29, 1.82) is 0 Å². The van der Waals surface area contributed by atoms with Gasteiger partial charge in [0.25, 0.3) is 0 Å². The van der Waals surface area contributed by atoms with E-state index in [0.717, 1.165) is 0 Å². The van der Waals surface area contributed by atoms with Crippen molar-refractivity contribution >= 4 is 37.3 Å². The minimum atomic E-state index is -0.626. The van der Waals surface area contributed by atoms with Gasteiger partial charge in [-0.05, 0) is 0 Å². The van der Waals surface area contributed by atoms with Gasteiger partial charge in [-0.3, -0.25) is 0 Å². The van der Waals surface area contributed by atoms with Gasteiger partial charge in [0.15, 0.2) is 0 Å². The molecule has 0 spiro atoms. The number of hydrogen-bond donors (Lipinski definition) is 0. The Morgan fingerprint density at radius 1 is 0.905 bits per heavy atom. The molecule has 4 nitrogen and oxygen atoms in total. The van der Waals surface area contributed by atoms with Gasteiger partial charge in [0, 0.05) is 0 Å². The molecule has 2 aromatic rings. The molecule has 0 fully saturated rings. The monoisotopic (exact) mass is 346 g/mol. The Morgan fingerprint density at radius 2 is 1.52 bits per heavy atom. The molecule has 0 radical (unpaired) electrons. The molecule has 0 aromatic heterocycles. The van der Waals surface area contributed by atoms with Crippen LogP contribution in [0.5, 0.6) is 0 Å². The fourth-order valence-corrected chi connectivity index (χ4v) is 3.60. The zero-order chi connectivity index (χ0) is 15.0. The van der Waals surface area contributed by atoms with Crippen LogP contribution in [0.2, 0.25) is 0 Å². The first kappa shape index (κ1) is 13.7. The van der Waals surface area contributed by atoms with Crippen molar-refractivity contribution in [3.63, 3.8) is 0 Å². The molecule has 0 bridgehead atoms. The van der Waals surface area contributed by atoms with Gasteiger partial charge in [-0.15, -0.1) is 0 Å². The molecule has 104 valence electrons. The van der Waals surface area contributed by atoms with Crippen molar-refractivity contribution < 1.29 is 18.2 Å². The first-order valence-electron chi connectivity index (χ1n) is 6.26. The fourth-order valence-electron chi connectivity index (χ4n) is 2.29. The number of carbonyl (C=O) groups is 3. The summed E-state index contributed by atoms with van der Waals surface area (Å²) in [5.74, 6) is -0.756. The van der Waals surface area contributed by atoms with Crippen LogP contribution in [0.15, 0.2) is 42.5 Å². The Kier molecular flexibility index (Phi) is 3.45. The van der Waals surface area contributed by atoms with Gasteiger partial charge in [0.05, 0.1) is 0 Å². The summed E-state index contributed by atoms with van der Waals surface area (Å²) in [4.78, 5) is 36.1. The number of rotatable bonds is 2. The van der Waals surface area contributed by atoms with E-state index in [4.69, 9.17) is 3.82 Å². The summed E-state index contributed by atoms with van der Waals surface area (Å²) in [5, 5.41) is 0. The van der Waals surface area contributed by atoms with Crippen molar-refractivity contribution in [2.75, 3.05) is 0 Å². The molecule has 5 heteroatoms. The SMILES string of the molecule is CC(=O)O[Se]c1cccc2c1C(=O)c1ccccc1C2=O. The first-order valence-corrected chi connectivity index (χ1v) is 7.81. The Bertz CT molecular complexity index is 780. The van der Waals surface area contributed by atoms with Crippen LogP contribution in [0.1, 0.15) is 38.8 Å².